The van der Waals surface area contributed by atoms with Crippen LogP contribution in [0.25, 0.3) is 0 Å². The van der Waals surface area contributed by atoms with Crippen molar-refractivity contribution in [2.24, 2.45) is 5.16 Å². The zero-order valence-electron chi connectivity index (χ0n) is 16.2. The van der Waals surface area contributed by atoms with E-state index in [2.05, 4.69) is 10.5 Å². The molecule has 2 rings (SSSR count). The van der Waals surface area contributed by atoms with E-state index in [9.17, 15) is 4.79 Å². The van der Waals surface area contributed by atoms with Crippen LogP contribution in [0.2, 0.25) is 5.02 Å². The Hall–Kier alpha value is -2.93. The molecule has 28 heavy (non-hydrogen) atoms. The third-order valence-electron chi connectivity index (χ3n) is 3.46. The number of nitrogens with one attached hydrogen (secondary N) is 1. The van der Waals surface area contributed by atoms with E-state index in [4.69, 9.17) is 30.6 Å². The van der Waals surface area contributed by atoms with Crippen LogP contribution in [-0.4, -0.2) is 39.1 Å². The summed E-state index contributed by atoms with van der Waals surface area (Å²) in [4.78, 5) is 17.1. The van der Waals surface area contributed by atoms with Gasteiger partial charge in [0.2, 0.25) is 0 Å². The number of methoxy groups -OCH3 is 2. The lowest BCUT2D eigenvalue weighted by Gasteiger charge is -2.13. The van der Waals surface area contributed by atoms with Crippen molar-refractivity contribution in [2.45, 2.75) is 20.0 Å². The van der Waals surface area contributed by atoms with Gasteiger partial charge in [0.1, 0.15) is 5.75 Å². The number of ether oxygens (including phenoxy) is 3. The summed E-state index contributed by atoms with van der Waals surface area (Å²) in [5, 5.41) is 6.95. The van der Waals surface area contributed by atoms with E-state index in [1.54, 1.807) is 37.4 Å². The number of nitrogens with zero attached hydrogens (tertiary/aromatic N) is 1. The molecule has 1 N–H and O–H groups in total. The zero-order chi connectivity index (χ0) is 20.5. The summed E-state index contributed by atoms with van der Waals surface area (Å²) in [6.07, 6.45) is 1.52. The van der Waals surface area contributed by atoms with Crippen molar-refractivity contribution in [1.82, 2.24) is 0 Å². The van der Waals surface area contributed by atoms with Gasteiger partial charge in [0, 0.05) is 10.6 Å². The fourth-order valence-electron chi connectivity index (χ4n) is 2.27. The van der Waals surface area contributed by atoms with E-state index in [0.717, 1.165) is 5.56 Å². The number of anilines is 1. The van der Waals surface area contributed by atoms with Crippen LogP contribution in [-0.2, 0) is 9.63 Å². The second-order valence-electron chi connectivity index (χ2n) is 5.98. The molecule has 0 aromatic heterocycles. The molecule has 0 aliphatic rings. The minimum Gasteiger partial charge on any atom is -0.495 e. The van der Waals surface area contributed by atoms with Gasteiger partial charge in [-0.2, -0.15) is 0 Å². The maximum absolute atomic E-state index is 12.0. The van der Waals surface area contributed by atoms with Crippen LogP contribution in [0, 0.1) is 0 Å². The predicted octanol–water partition coefficient (Wildman–Crippen LogP) is 4.13. The number of hydrogen-bond donors (Lipinski definition) is 1. The molecule has 0 saturated carbocycles. The van der Waals surface area contributed by atoms with Crippen LogP contribution in [0.15, 0.2) is 41.6 Å². The average Bonchev–Trinajstić information content (AvgIpc) is 2.66. The molecule has 0 spiro atoms. The molecule has 2 aromatic carbocycles. The highest BCUT2D eigenvalue weighted by molar-refractivity contribution is 6.31. The molecule has 7 nitrogen and oxygen atoms in total. The maximum atomic E-state index is 12.0. The second-order valence-corrected chi connectivity index (χ2v) is 6.41. The monoisotopic (exact) mass is 406 g/mol. The first-order chi connectivity index (χ1) is 13.4. The molecular formula is C20H23ClN2O5. The third-order valence-corrected chi connectivity index (χ3v) is 3.69. The molecule has 0 unspecified atom stereocenters. The van der Waals surface area contributed by atoms with Crippen LogP contribution in [0.5, 0.6) is 17.2 Å². The lowest BCUT2D eigenvalue weighted by atomic mass is 10.2. The number of carbonyl (C=O) groups is 1. The molecule has 2 aromatic rings. The van der Waals surface area contributed by atoms with Gasteiger partial charge in [-0.1, -0.05) is 16.8 Å². The van der Waals surface area contributed by atoms with Crippen LogP contribution >= 0.6 is 11.6 Å². The summed E-state index contributed by atoms with van der Waals surface area (Å²) >= 11 is 5.93. The number of halogens is 1. The average molecular weight is 407 g/mol. The summed E-state index contributed by atoms with van der Waals surface area (Å²) in [7, 11) is 3.07. The Balaban J connectivity index is 1.91. The Morgan fingerprint density at radius 3 is 2.50 bits per heavy atom. The smallest absolute Gasteiger partial charge is 0.265 e. The van der Waals surface area contributed by atoms with Crippen LogP contribution in [0.3, 0.4) is 0 Å². The van der Waals surface area contributed by atoms with Gasteiger partial charge in [-0.3, -0.25) is 4.79 Å². The quantitative estimate of drug-likeness (QED) is 0.500. The number of amides is 1. The highest BCUT2D eigenvalue weighted by atomic mass is 35.5. The van der Waals surface area contributed by atoms with Crippen LogP contribution < -0.4 is 19.5 Å². The summed E-state index contributed by atoms with van der Waals surface area (Å²) in [6, 6.07) is 10.3. The highest BCUT2D eigenvalue weighted by Gasteiger charge is 2.09. The number of rotatable bonds is 9. The Morgan fingerprint density at radius 2 is 1.82 bits per heavy atom. The van der Waals surface area contributed by atoms with Gasteiger partial charge in [0.15, 0.2) is 18.1 Å². The number of carbonyl (C=O) groups excluding carboxylic acids is 1. The van der Waals surface area contributed by atoms with E-state index in [1.165, 1.54) is 13.3 Å². The van der Waals surface area contributed by atoms with Crippen molar-refractivity contribution in [3.8, 4) is 17.2 Å². The van der Waals surface area contributed by atoms with Gasteiger partial charge >= 0.3 is 0 Å². The van der Waals surface area contributed by atoms with Crippen molar-refractivity contribution in [3.63, 3.8) is 0 Å². The SMILES string of the molecule is COc1ccc(Cl)cc1NC(=O)CO/N=C\c1ccc(OC(C)C)c(OC)c1. The van der Waals surface area contributed by atoms with E-state index in [1.807, 2.05) is 19.9 Å². The molecule has 0 aliphatic carbocycles. The Labute approximate surface area is 169 Å². The lowest BCUT2D eigenvalue weighted by molar-refractivity contribution is -0.120. The number of benzene rings is 2. The van der Waals surface area contributed by atoms with Crippen molar-refractivity contribution in [1.29, 1.82) is 0 Å². The first-order valence-corrected chi connectivity index (χ1v) is 8.94. The highest BCUT2D eigenvalue weighted by Crippen LogP contribution is 2.29. The summed E-state index contributed by atoms with van der Waals surface area (Å²) in [5.41, 5.74) is 1.20. The minimum atomic E-state index is -0.393. The van der Waals surface area contributed by atoms with E-state index in [-0.39, 0.29) is 12.7 Å². The first-order valence-electron chi connectivity index (χ1n) is 8.56. The fraction of sp³-hybridized carbons (Fsp3) is 0.300. The molecule has 0 aliphatic heterocycles. The zero-order valence-corrected chi connectivity index (χ0v) is 16.9. The van der Waals surface area contributed by atoms with Gasteiger partial charge in [0.25, 0.3) is 5.91 Å². The number of oxime groups is 1. The largest absolute Gasteiger partial charge is 0.495 e. The Morgan fingerprint density at radius 1 is 1.11 bits per heavy atom. The Kier molecular flexibility index (Phi) is 7.95. The van der Waals surface area contributed by atoms with Crippen molar-refractivity contribution in [2.75, 3.05) is 26.1 Å². The fourth-order valence-corrected chi connectivity index (χ4v) is 2.45. The van der Waals surface area contributed by atoms with Gasteiger partial charge in [-0.05, 0) is 50.2 Å². The first kappa shape index (κ1) is 21.4. The molecule has 0 atom stereocenters. The Bertz CT molecular complexity index is 839. The normalized spacial score (nSPS) is 10.8. The van der Waals surface area contributed by atoms with E-state index < -0.39 is 5.91 Å². The van der Waals surface area contributed by atoms with Crippen molar-refractivity contribution < 1.29 is 23.8 Å². The molecule has 0 bridgehead atoms. The lowest BCUT2D eigenvalue weighted by Crippen LogP contribution is -2.17. The summed E-state index contributed by atoms with van der Waals surface area (Å²) < 4.78 is 16.1. The molecule has 0 radical (unpaired) electrons. The van der Waals surface area contributed by atoms with Gasteiger partial charge in [-0.15, -0.1) is 0 Å². The second kappa shape index (κ2) is 10.4. The topological polar surface area (TPSA) is 78.4 Å². The van der Waals surface area contributed by atoms with Crippen LogP contribution in [0.1, 0.15) is 19.4 Å². The minimum absolute atomic E-state index is 0.0355. The third kappa shape index (κ3) is 6.35. The van der Waals surface area contributed by atoms with Gasteiger partial charge in [0.05, 0.1) is 32.2 Å². The van der Waals surface area contributed by atoms with E-state index in [0.29, 0.717) is 28.0 Å². The van der Waals surface area contributed by atoms with Gasteiger partial charge < -0.3 is 24.4 Å². The van der Waals surface area contributed by atoms with E-state index >= 15 is 0 Å². The number of hydrogen-bond acceptors (Lipinski definition) is 6. The molecule has 0 fully saturated rings. The molecule has 0 saturated heterocycles. The summed E-state index contributed by atoms with van der Waals surface area (Å²) in [5.74, 6) is 1.34. The molecule has 1 amide bonds. The molecule has 150 valence electrons. The molecule has 8 heteroatoms. The van der Waals surface area contributed by atoms with Crippen molar-refractivity contribution >= 4 is 29.4 Å². The van der Waals surface area contributed by atoms with Crippen LogP contribution in [0.4, 0.5) is 5.69 Å². The summed E-state index contributed by atoms with van der Waals surface area (Å²) in [6.45, 7) is 3.61. The predicted molar refractivity (Wildman–Crippen MR) is 109 cm³/mol. The molecule has 0 heterocycles. The standard InChI is InChI=1S/C20H23ClN2O5/c1-13(2)28-18-7-5-14(9-19(18)26-4)11-22-27-12-20(24)23-16-10-15(21)6-8-17(16)25-3/h5-11,13H,12H2,1-4H3,(H,23,24)/b22-11-. The maximum Gasteiger partial charge on any atom is 0.265 e. The van der Waals surface area contributed by atoms with Crippen molar-refractivity contribution in [3.05, 3.63) is 47.0 Å². The van der Waals surface area contributed by atoms with Gasteiger partial charge in [-0.25, -0.2) is 0 Å². The molecular weight excluding hydrogens is 384 g/mol.